The van der Waals surface area contributed by atoms with Gasteiger partial charge in [-0.25, -0.2) is 17.9 Å². The summed E-state index contributed by atoms with van der Waals surface area (Å²) in [6.45, 7) is -0.474. The highest BCUT2D eigenvalue weighted by Crippen LogP contribution is 2.19. The summed E-state index contributed by atoms with van der Waals surface area (Å²) in [6.07, 6.45) is 3.37. The summed E-state index contributed by atoms with van der Waals surface area (Å²) >= 11 is 0. The first-order chi connectivity index (χ1) is 13.0. The molecule has 9 heteroatoms. The molecule has 3 rings (SSSR count). The van der Waals surface area contributed by atoms with E-state index >= 15 is 0 Å². The second-order valence-electron chi connectivity index (χ2n) is 5.45. The fourth-order valence-electron chi connectivity index (χ4n) is 2.27. The summed E-state index contributed by atoms with van der Waals surface area (Å²) in [7, 11) is 0. The molecule has 3 aromatic rings. The number of rotatable bonds is 5. The van der Waals surface area contributed by atoms with Crippen LogP contribution in [0.15, 0.2) is 54.9 Å². The van der Waals surface area contributed by atoms with Crippen LogP contribution in [-0.2, 0) is 4.79 Å². The molecule has 2 amide bonds. The number of carbonyl (C=O) groups is 2. The molecule has 2 N–H and O–H groups in total. The van der Waals surface area contributed by atoms with Crippen molar-refractivity contribution in [2.24, 2.45) is 0 Å². The molecule has 0 bridgehead atoms. The molecule has 2 aromatic carbocycles. The number of nitrogens with zero attached hydrogens (tertiary/aromatic N) is 2. The maximum absolute atomic E-state index is 13.5. The van der Waals surface area contributed by atoms with Gasteiger partial charge in [-0.15, -0.1) is 0 Å². The van der Waals surface area contributed by atoms with Crippen LogP contribution in [-0.4, -0.2) is 28.1 Å². The van der Waals surface area contributed by atoms with Gasteiger partial charge < -0.3 is 10.6 Å². The highest BCUT2D eigenvalue weighted by Gasteiger charge is 2.15. The number of amides is 2. The summed E-state index contributed by atoms with van der Waals surface area (Å²) in [5, 5.41) is 8.48. The number of nitrogens with one attached hydrogen (secondary N) is 2. The molecule has 0 atom stereocenters. The third-order valence-electron chi connectivity index (χ3n) is 3.62. The third-order valence-corrected chi connectivity index (χ3v) is 3.62. The Balaban J connectivity index is 1.57. The third kappa shape index (κ3) is 4.14. The lowest BCUT2D eigenvalue weighted by Gasteiger charge is -2.09. The smallest absolute Gasteiger partial charge is 0.251 e. The number of hydrogen-bond donors (Lipinski definition) is 2. The number of carbonyl (C=O) groups excluding carboxylic acids is 2. The summed E-state index contributed by atoms with van der Waals surface area (Å²) in [6, 6.07) is 9.81. The summed E-state index contributed by atoms with van der Waals surface area (Å²) in [4.78, 5) is 23.9. The number of aromatic nitrogens is 2. The molecule has 0 spiro atoms. The molecule has 6 nitrogen and oxygen atoms in total. The van der Waals surface area contributed by atoms with Gasteiger partial charge in [0.1, 0.15) is 0 Å². The summed E-state index contributed by atoms with van der Waals surface area (Å²) < 4.78 is 41.1. The molecule has 0 fully saturated rings. The van der Waals surface area contributed by atoms with Crippen molar-refractivity contribution < 1.29 is 22.8 Å². The van der Waals surface area contributed by atoms with E-state index in [-0.39, 0.29) is 0 Å². The van der Waals surface area contributed by atoms with Gasteiger partial charge in [-0.1, -0.05) is 0 Å². The van der Waals surface area contributed by atoms with E-state index < -0.39 is 41.5 Å². The molecule has 0 aliphatic rings. The van der Waals surface area contributed by atoms with Gasteiger partial charge in [-0.2, -0.15) is 5.10 Å². The first-order valence-corrected chi connectivity index (χ1v) is 7.77. The standard InChI is InChI=1S/C18H13F3N4O2/c19-13-6-7-14(17(21)16(13)20)24-15(26)10-22-18(27)11-2-4-12(5-3-11)25-9-1-8-23-25/h1-9H,10H2,(H,22,27)(H,24,26). The Hall–Kier alpha value is -3.62. The van der Waals surface area contributed by atoms with E-state index in [9.17, 15) is 22.8 Å². The monoisotopic (exact) mass is 374 g/mol. The van der Waals surface area contributed by atoms with E-state index in [2.05, 4.69) is 15.7 Å². The van der Waals surface area contributed by atoms with Crippen LogP contribution in [0.3, 0.4) is 0 Å². The van der Waals surface area contributed by atoms with Crippen molar-refractivity contribution in [2.45, 2.75) is 0 Å². The predicted molar refractivity (Wildman–Crippen MR) is 90.8 cm³/mol. The van der Waals surface area contributed by atoms with Crippen LogP contribution in [0.1, 0.15) is 10.4 Å². The Bertz CT molecular complexity index is 973. The number of anilines is 1. The Morgan fingerprint density at radius 1 is 1.00 bits per heavy atom. The zero-order valence-corrected chi connectivity index (χ0v) is 13.7. The SMILES string of the molecule is O=C(CNC(=O)c1ccc(-n2cccn2)cc1)Nc1ccc(F)c(F)c1F. The Morgan fingerprint density at radius 2 is 1.74 bits per heavy atom. The molecule has 0 unspecified atom stereocenters. The molecule has 0 radical (unpaired) electrons. The Morgan fingerprint density at radius 3 is 2.41 bits per heavy atom. The van der Waals surface area contributed by atoms with Crippen LogP contribution in [0, 0.1) is 17.5 Å². The van der Waals surface area contributed by atoms with Gasteiger partial charge in [-0.05, 0) is 42.5 Å². The molecule has 0 aliphatic heterocycles. The van der Waals surface area contributed by atoms with Crippen molar-refractivity contribution in [1.29, 1.82) is 0 Å². The summed E-state index contributed by atoms with van der Waals surface area (Å²) in [5.41, 5.74) is 0.539. The molecule has 0 aliphatic carbocycles. The van der Waals surface area contributed by atoms with E-state index in [1.807, 2.05) is 0 Å². The van der Waals surface area contributed by atoms with Crippen molar-refractivity contribution in [1.82, 2.24) is 15.1 Å². The van der Waals surface area contributed by atoms with Crippen LogP contribution in [0.25, 0.3) is 5.69 Å². The van der Waals surface area contributed by atoms with Crippen molar-refractivity contribution in [2.75, 3.05) is 11.9 Å². The average Bonchev–Trinajstić information content (AvgIpc) is 3.21. The van der Waals surface area contributed by atoms with Gasteiger partial charge in [-0.3, -0.25) is 9.59 Å². The molecule has 1 aromatic heterocycles. The van der Waals surface area contributed by atoms with E-state index in [0.717, 1.165) is 11.8 Å². The van der Waals surface area contributed by atoms with Crippen LogP contribution < -0.4 is 10.6 Å². The van der Waals surface area contributed by atoms with Crippen molar-refractivity contribution in [3.63, 3.8) is 0 Å². The summed E-state index contributed by atoms with van der Waals surface area (Å²) in [5.74, 6) is -5.88. The minimum absolute atomic E-state index is 0.303. The average molecular weight is 374 g/mol. The van der Waals surface area contributed by atoms with Crippen LogP contribution in [0.4, 0.5) is 18.9 Å². The lowest BCUT2D eigenvalue weighted by molar-refractivity contribution is -0.115. The second kappa shape index (κ2) is 7.73. The quantitative estimate of drug-likeness (QED) is 0.674. The maximum Gasteiger partial charge on any atom is 0.251 e. The Kier molecular flexibility index (Phi) is 5.20. The predicted octanol–water partition coefficient (Wildman–Crippen LogP) is 2.66. The minimum atomic E-state index is -1.69. The highest BCUT2D eigenvalue weighted by atomic mass is 19.2. The lowest BCUT2D eigenvalue weighted by Crippen LogP contribution is -2.33. The van der Waals surface area contributed by atoms with Gasteiger partial charge in [0.2, 0.25) is 5.91 Å². The first kappa shape index (κ1) is 18.2. The molecule has 0 saturated carbocycles. The van der Waals surface area contributed by atoms with E-state index in [0.29, 0.717) is 11.6 Å². The molecule has 1 heterocycles. The molecule has 0 saturated heterocycles. The van der Waals surface area contributed by atoms with Crippen LogP contribution in [0.5, 0.6) is 0 Å². The fourth-order valence-corrected chi connectivity index (χ4v) is 2.27. The molecular weight excluding hydrogens is 361 g/mol. The largest absolute Gasteiger partial charge is 0.343 e. The molecule has 27 heavy (non-hydrogen) atoms. The minimum Gasteiger partial charge on any atom is -0.343 e. The fraction of sp³-hybridized carbons (Fsp3) is 0.0556. The van der Waals surface area contributed by atoms with Crippen LogP contribution in [0.2, 0.25) is 0 Å². The van der Waals surface area contributed by atoms with Crippen molar-refractivity contribution >= 4 is 17.5 Å². The Labute approximate surface area is 151 Å². The van der Waals surface area contributed by atoms with E-state index in [1.165, 1.54) is 0 Å². The molecule has 138 valence electrons. The van der Waals surface area contributed by atoms with E-state index in [1.54, 1.807) is 47.4 Å². The zero-order chi connectivity index (χ0) is 19.4. The number of benzene rings is 2. The molecular formula is C18H13F3N4O2. The normalized spacial score (nSPS) is 10.5. The maximum atomic E-state index is 13.5. The van der Waals surface area contributed by atoms with Gasteiger partial charge in [0.25, 0.3) is 5.91 Å². The first-order valence-electron chi connectivity index (χ1n) is 7.77. The number of halogens is 3. The second-order valence-corrected chi connectivity index (χ2v) is 5.45. The van der Waals surface area contributed by atoms with Gasteiger partial charge in [0, 0.05) is 18.0 Å². The van der Waals surface area contributed by atoms with Crippen LogP contribution >= 0.6 is 0 Å². The zero-order valence-electron chi connectivity index (χ0n) is 13.7. The van der Waals surface area contributed by atoms with Gasteiger partial charge in [0.15, 0.2) is 17.5 Å². The lowest BCUT2D eigenvalue weighted by atomic mass is 10.2. The highest BCUT2D eigenvalue weighted by molar-refractivity contribution is 5.99. The van der Waals surface area contributed by atoms with E-state index in [4.69, 9.17) is 0 Å². The van der Waals surface area contributed by atoms with Crippen molar-refractivity contribution in [3.05, 3.63) is 77.9 Å². The number of hydrogen-bond acceptors (Lipinski definition) is 3. The topological polar surface area (TPSA) is 76.0 Å². The van der Waals surface area contributed by atoms with Crippen molar-refractivity contribution in [3.8, 4) is 5.69 Å². The van der Waals surface area contributed by atoms with Gasteiger partial charge in [0.05, 0.1) is 17.9 Å². The van der Waals surface area contributed by atoms with Gasteiger partial charge >= 0.3 is 0 Å².